The number of nitrogens with zero attached hydrogens (tertiary/aromatic N) is 4. The van der Waals surface area contributed by atoms with Crippen LogP contribution in [0.3, 0.4) is 0 Å². The number of carbonyl (C=O) groups is 1. The molecule has 2 atom stereocenters. The van der Waals surface area contributed by atoms with E-state index >= 15 is 0 Å². The highest BCUT2D eigenvalue weighted by Gasteiger charge is 2.24. The Labute approximate surface area is 168 Å². The number of carbonyl (C=O) groups excluding carboxylic acids is 1. The zero-order chi connectivity index (χ0) is 18.6. The Balaban J connectivity index is 1.47. The molecule has 2 aromatic heterocycles. The second-order valence-corrected chi connectivity index (χ2v) is 9.30. The normalized spacial score (nSPS) is 23.1. The minimum atomic E-state index is 0.205. The fraction of sp³-hybridized carbons (Fsp3) is 0.632. The van der Waals surface area contributed by atoms with Crippen molar-refractivity contribution in [2.75, 3.05) is 25.4 Å². The van der Waals surface area contributed by atoms with E-state index in [0.29, 0.717) is 11.7 Å². The van der Waals surface area contributed by atoms with Crippen molar-refractivity contribution in [3.63, 3.8) is 0 Å². The van der Waals surface area contributed by atoms with Gasteiger partial charge >= 0.3 is 0 Å². The molecule has 2 saturated heterocycles. The van der Waals surface area contributed by atoms with Gasteiger partial charge in [-0.3, -0.25) is 9.36 Å². The number of aromatic nitrogens is 3. The molecule has 0 aromatic carbocycles. The van der Waals surface area contributed by atoms with Crippen molar-refractivity contribution in [2.24, 2.45) is 5.92 Å². The second kappa shape index (κ2) is 8.75. The van der Waals surface area contributed by atoms with E-state index in [4.69, 9.17) is 4.74 Å². The smallest absolute Gasteiger partial charge is 0.233 e. The lowest BCUT2D eigenvalue weighted by Crippen LogP contribution is -2.40. The summed E-state index contributed by atoms with van der Waals surface area (Å²) in [5.41, 5.74) is 0. The molecule has 8 heteroatoms. The average Bonchev–Trinajstić information content (AvgIpc) is 3.42. The third-order valence-electron chi connectivity index (χ3n) is 5.20. The molecule has 27 heavy (non-hydrogen) atoms. The Morgan fingerprint density at radius 2 is 2.30 bits per heavy atom. The first-order chi connectivity index (χ1) is 13.2. The molecule has 0 saturated carbocycles. The summed E-state index contributed by atoms with van der Waals surface area (Å²) in [4.78, 5) is 15.7. The lowest BCUT2D eigenvalue weighted by Gasteiger charge is -2.30. The zero-order valence-corrected chi connectivity index (χ0v) is 17.3. The van der Waals surface area contributed by atoms with Gasteiger partial charge in [-0.15, -0.1) is 21.5 Å². The molecule has 2 aliphatic rings. The van der Waals surface area contributed by atoms with E-state index in [1.165, 1.54) is 18.2 Å². The molecule has 2 fully saturated rings. The molecule has 0 N–H and O–H groups in total. The Morgan fingerprint density at radius 3 is 3.04 bits per heavy atom. The first-order valence-corrected chi connectivity index (χ1v) is 11.6. The predicted octanol–water partition coefficient (Wildman–Crippen LogP) is 3.54. The molecule has 6 nitrogen and oxygen atoms in total. The molecule has 1 amide bonds. The van der Waals surface area contributed by atoms with Gasteiger partial charge in [0.25, 0.3) is 0 Å². The highest BCUT2D eigenvalue weighted by atomic mass is 32.2. The van der Waals surface area contributed by atoms with E-state index in [1.807, 2.05) is 16.3 Å². The molecule has 0 radical (unpaired) electrons. The van der Waals surface area contributed by atoms with Crippen LogP contribution in [0, 0.1) is 5.92 Å². The number of thioether (sulfide) groups is 1. The number of rotatable bonds is 6. The molecular weight excluding hydrogens is 380 g/mol. The molecule has 146 valence electrons. The quantitative estimate of drug-likeness (QED) is 0.687. The number of ether oxygens (including phenoxy) is 1. The Hall–Kier alpha value is -1.38. The maximum atomic E-state index is 12.6. The third kappa shape index (κ3) is 4.55. The monoisotopic (exact) mass is 406 g/mol. The van der Waals surface area contributed by atoms with Crippen LogP contribution in [0.1, 0.15) is 32.6 Å². The van der Waals surface area contributed by atoms with Crippen LogP contribution in [-0.4, -0.2) is 57.1 Å². The lowest BCUT2D eigenvalue weighted by molar-refractivity contribution is -0.130. The zero-order valence-electron chi connectivity index (χ0n) is 15.7. The Bertz CT molecular complexity index is 756. The SMILES string of the molecule is CC1CCCN(C(=O)CSc2nnc(-c3cccs3)n2CC2CCCO2)C1. The summed E-state index contributed by atoms with van der Waals surface area (Å²) < 4.78 is 7.97. The Kier molecular flexibility index (Phi) is 6.14. The summed E-state index contributed by atoms with van der Waals surface area (Å²) >= 11 is 3.16. The van der Waals surface area contributed by atoms with Gasteiger partial charge in [0, 0.05) is 19.7 Å². The number of hydrogen-bond acceptors (Lipinski definition) is 6. The van der Waals surface area contributed by atoms with Gasteiger partial charge < -0.3 is 9.64 Å². The molecule has 2 aliphatic heterocycles. The largest absolute Gasteiger partial charge is 0.376 e. The summed E-state index contributed by atoms with van der Waals surface area (Å²) in [6, 6.07) is 4.09. The van der Waals surface area contributed by atoms with Crippen molar-refractivity contribution < 1.29 is 9.53 Å². The first kappa shape index (κ1) is 19.0. The maximum absolute atomic E-state index is 12.6. The standard InChI is InChI=1S/C19H26N4O2S2/c1-14-5-2-8-22(11-14)17(24)13-27-19-21-20-18(16-7-4-10-26-16)23(19)12-15-6-3-9-25-15/h4,7,10,14-15H,2-3,5-6,8-9,11-13H2,1H3. The second-order valence-electron chi connectivity index (χ2n) is 7.40. The highest BCUT2D eigenvalue weighted by molar-refractivity contribution is 7.99. The summed E-state index contributed by atoms with van der Waals surface area (Å²) in [5, 5.41) is 11.7. The van der Waals surface area contributed by atoms with Gasteiger partial charge in [0.05, 0.1) is 23.3 Å². The van der Waals surface area contributed by atoms with Gasteiger partial charge in [0.15, 0.2) is 11.0 Å². The van der Waals surface area contributed by atoms with Crippen molar-refractivity contribution in [1.29, 1.82) is 0 Å². The minimum Gasteiger partial charge on any atom is -0.376 e. The van der Waals surface area contributed by atoms with E-state index in [1.54, 1.807) is 11.3 Å². The molecule has 4 rings (SSSR count). The molecule has 4 heterocycles. The summed E-state index contributed by atoms with van der Waals surface area (Å²) in [6.07, 6.45) is 4.70. The Morgan fingerprint density at radius 1 is 1.37 bits per heavy atom. The van der Waals surface area contributed by atoms with Crippen LogP contribution in [0.25, 0.3) is 10.7 Å². The fourth-order valence-corrected chi connectivity index (χ4v) is 5.34. The number of likely N-dealkylation sites (tertiary alicyclic amines) is 1. The fourth-order valence-electron chi connectivity index (χ4n) is 3.77. The van der Waals surface area contributed by atoms with E-state index in [2.05, 4.69) is 27.8 Å². The number of piperidine rings is 1. The van der Waals surface area contributed by atoms with Crippen LogP contribution in [0.4, 0.5) is 0 Å². The van der Waals surface area contributed by atoms with Crippen molar-refractivity contribution in [3.05, 3.63) is 17.5 Å². The van der Waals surface area contributed by atoms with Crippen LogP contribution in [0.15, 0.2) is 22.7 Å². The first-order valence-electron chi connectivity index (χ1n) is 9.70. The van der Waals surface area contributed by atoms with Crippen LogP contribution in [-0.2, 0) is 16.1 Å². The van der Waals surface area contributed by atoms with E-state index in [9.17, 15) is 4.79 Å². The molecule has 0 bridgehead atoms. The highest BCUT2D eigenvalue weighted by Crippen LogP contribution is 2.29. The number of amides is 1. The van der Waals surface area contributed by atoms with Crippen molar-refractivity contribution in [3.8, 4) is 10.7 Å². The number of thiophene rings is 1. The molecule has 2 aromatic rings. The van der Waals surface area contributed by atoms with Gasteiger partial charge in [-0.1, -0.05) is 24.8 Å². The van der Waals surface area contributed by atoms with Crippen LogP contribution in [0.2, 0.25) is 0 Å². The van der Waals surface area contributed by atoms with Crippen LogP contribution < -0.4 is 0 Å². The van der Waals surface area contributed by atoms with E-state index in [0.717, 1.165) is 61.4 Å². The summed E-state index contributed by atoms with van der Waals surface area (Å²) in [7, 11) is 0. The van der Waals surface area contributed by atoms with Gasteiger partial charge in [-0.05, 0) is 43.0 Å². The van der Waals surface area contributed by atoms with Crippen molar-refractivity contribution >= 4 is 29.0 Å². The van der Waals surface area contributed by atoms with Crippen molar-refractivity contribution in [2.45, 2.75) is 50.4 Å². The third-order valence-corrected chi connectivity index (χ3v) is 7.02. The van der Waals surface area contributed by atoms with E-state index in [-0.39, 0.29) is 12.0 Å². The van der Waals surface area contributed by atoms with Crippen LogP contribution >= 0.6 is 23.1 Å². The van der Waals surface area contributed by atoms with Gasteiger partial charge in [0.1, 0.15) is 0 Å². The lowest BCUT2D eigenvalue weighted by atomic mass is 10.0. The summed E-state index contributed by atoms with van der Waals surface area (Å²) in [6.45, 7) is 5.56. The van der Waals surface area contributed by atoms with Gasteiger partial charge in [0.2, 0.25) is 5.91 Å². The van der Waals surface area contributed by atoms with E-state index < -0.39 is 0 Å². The predicted molar refractivity (Wildman–Crippen MR) is 108 cm³/mol. The van der Waals surface area contributed by atoms with Crippen LogP contribution in [0.5, 0.6) is 0 Å². The molecule has 2 unspecified atom stereocenters. The molecule has 0 aliphatic carbocycles. The van der Waals surface area contributed by atoms with Gasteiger partial charge in [-0.25, -0.2) is 0 Å². The minimum absolute atomic E-state index is 0.205. The number of hydrogen-bond donors (Lipinski definition) is 0. The van der Waals surface area contributed by atoms with Gasteiger partial charge in [-0.2, -0.15) is 0 Å². The van der Waals surface area contributed by atoms with Crippen molar-refractivity contribution in [1.82, 2.24) is 19.7 Å². The molecular formula is C19H26N4O2S2. The summed E-state index contributed by atoms with van der Waals surface area (Å²) in [5.74, 6) is 2.10. The average molecular weight is 407 g/mol. The topological polar surface area (TPSA) is 60.2 Å². The maximum Gasteiger partial charge on any atom is 0.233 e. The molecule has 0 spiro atoms.